The Morgan fingerprint density at radius 2 is 1.67 bits per heavy atom. The van der Waals surface area contributed by atoms with Gasteiger partial charge in [0, 0.05) is 23.0 Å². The molecular formula is C21H22N2O. The third kappa shape index (κ3) is 2.16. The summed E-state index contributed by atoms with van der Waals surface area (Å²) in [6.45, 7) is 6.36. The number of rotatable bonds is 1. The van der Waals surface area contributed by atoms with Crippen LogP contribution >= 0.6 is 0 Å². The van der Waals surface area contributed by atoms with E-state index in [1.165, 1.54) is 10.6 Å². The van der Waals surface area contributed by atoms with E-state index in [1.54, 1.807) is 0 Å². The number of hydrogen-bond acceptors (Lipinski definition) is 3. The minimum absolute atomic E-state index is 0.204. The highest BCUT2D eigenvalue weighted by Crippen LogP contribution is 2.47. The molecule has 0 saturated heterocycles. The number of hydrogen-bond donors (Lipinski definition) is 1. The van der Waals surface area contributed by atoms with Gasteiger partial charge in [0.25, 0.3) is 0 Å². The van der Waals surface area contributed by atoms with E-state index in [-0.39, 0.29) is 17.5 Å². The molecule has 2 aromatic carbocycles. The number of nitrogens with zero attached hydrogens (tertiary/aromatic N) is 2. The van der Waals surface area contributed by atoms with Crippen LogP contribution in [0, 0.1) is 0 Å². The summed E-state index contributed by atoms with van der Waals surface area (Å²) >= 11 is 0. The monoisotopic (exact) mass is 318 g/mol. The highest BCUT2D eigenvalue weighted by atomic mass is 16.5. The van der Waals surface area contributed by atoms with Gasteiger partial charge in [0.05, 0.1) is 11.6 Å². The molecule has 0 aliphatic carbocycles. The number of para-hydroxylation sites is 1. The minimum Gasteiger partial charge on any atom is -0.313 e. The van der Waals surface area contributed by atoms with Crippen molar-refractivity contribution in [3.63, 3.8) is 0 Å². The van der Waals surface area contributed by atoms with Gasteiger partial charge in [0.15, 0.2) is 0 Å². The van der Waals surface area contributed by atoms with E-state index in [0.717, 1.165) is 22.0 Å². The largest absolute Gasteiger partial charge is 0.313 e. The van der Waals surface area contributed by atoms with Gasteiger partial charge in [-0.2, -0.15) is 5.06 Å². The van der Waals surface area contributed by atoms with E-state index < -0.39 is 0 Å². The topological polar surface area (TPSA) is 36.4 Å². The molecule has 0 bridgehead atoms. The second-order valence-electron chi connectivity index (χ2n) is 7.21. The normalized spacial score (nSPS) is 23.2. The second-order valence-corrected chi connectivity index (χ2v) is 7.21. The van der Waals surface area contributed by atoms with Crippen molar-refractivity contribution in [1.29, 1.82) is 0 Å². The Morgan fingerprint density at radius 3 is 2.46 bits per heavy atom. The zero-order valence-corrected chi connectivity index (χ0v) is 14.3. The number of benzene rings is 2. The molecule has 3 nitrogen and oxygen atoms in total. The molecule has 0 spiro atoms. The van der Waals surface area contributed by atoms with Crippen LogP contribution in [0.2, 0.25) is 0 Å². The molecule has 1 N–H and O–H groups in total. The Hall–Kier alpha value is -2.23. The van der Waals surface area contributed by atoms with Crippen molar-refractivity contribution < 1.29 is 5.21 Å². The van der Waals surface area contributed by atoms with Crippen LogP contribution in [0.3, 0.4) is 0 Å². The molecule has 2 atom stereocenters. The van der Waals surface area contributed by atoms with Crippen molar-refractivity contribution in [2.45, 2.75) is 38.3 Å². The van der Waals surface area contributed by atoms with Gasteiger partial charge < -0.3 is 5.21 Å². The van der Waals surface area contributed by atoms with E-state index in [9.17, 15) is 5.21 Å². The summed E-state index contributed by atoms with van der Waals surface area (Å²) in [7, 11) is 0. The maximum atomic E-state index is 11.0. The maximum Gasteiger partial charge on any atom is 0.0873 e. The molecule has 2 heterocycles. The first kappa shape index (κ1) is 15.3. The lowest BCUT2D eigenvalue weighted by atomic mass is 9.74. The van der Waals surface area contributed by atoms with Crippen LogP contribution in [-0.4, -0.2) is 20.8 Å². The fourth-order valence-corrected chi connectivity index (χ4v) is 3.76. The second kappa shape index (κ2) is 5.40. The summed E-state index contributed by atoms with van der Waals surface area (Å²) in [5.41, 5.74) is 4.09. The van der Waals surface area contributed by atoms with Crippen LogP contribution < -0.4 is 0 Å². The first-order valence-electron chi connectivity index (χ1n) is 8.42. The fourth-order valence-electron chi connectivity index (χ4n) is 3.76. The zero-order chi connectivity index (χ0) is 16.9. The quantitative estimate of drug-likeness (QED) is 0.692. The highest BCUT2D eigenvalue weighted by Gasteiger charge is 2.44. The summed E-state index contributed by atoms with van der Waals surface area (Å²) < 4.78 is 0. The van der Waals surface area contributed by atoms with Crippen molar-refractivity contribution >= 4 is 10.9 Å². The van der Waals surface area contributed by atoms with Crippen molar-refractivity contribution in [3.05, 3.63) is 77.5 Å². The molecule has 0 amide bonds. The lowest BCUT2D eigenvalue weighted by Gasteiger charge is -2.48. The molecule has 122 valence electrons. The highest BCUT2D eigenvalue weighted by molar-refractivity contribution is 5.79. The smallest absolute Gasteiger partial charge is 0.0873 e. The van der Waals surface area contributed by atoms with Crippen LogP contribution in [0.1, 0.15) is 49.4 Å². The molecule has 1 aliphatic rings. The fraction of sp³-hybridized carbons (Fsp3) is 0.286. The van der Waals surface area contributed by atoms with Crippen LogP contribution in [0.25, 0.3) is 10.9 Å². The molecular weight excluding hydrogens is 296 g/mol. The van der Waals surface area contributed by atoms with Gasteiger partial charge in [0.1, 0.15) is 0 Å². The summed E-state index contributed by atoms with van der Waals surface area (Å²) in [5.74, 6) is 0.239. The third-order valence-electron chi connectivity index (χ3n) is 5.58. The van der Waals surface area contributed by atoms with Crippen LogP contribution in [0.4, 0.5) is 0 Å². The van der Waals surface area contributed by atoms with Gasteiger partial charge >= 0.3 is 0 Å². The van der Waals surface area contributed by atoms with Gasteiger partial charge in [-0.1, -0.05) is 49.4 Å². The van der Waals surface area contributed by atoms with E-state index >= 15 is 0 Å². The first-order valence-corrected chi connectivity index (χ1v) is 8.42. The van der Waals surface area contributed by atoms with Gasteiger partial charge in [-0.15, -0.1) is 0 Å². The molecule has 3 heteroatoms. The predicted octanol–water partition coefficient (Wildman–Crippen LogP) is 4.91. The van der Waals surface area contributed by atoms with Gasteiger partial charge in [0.2, 0.25) is 0 Å². The Morgan fingerprint density at radius 1 is 1.00 bits per heavy atom. The number of aromatic nitrogens is 1. The zero-order valence-electron chi connectivity index (χ0n) is 14.3. The number of fused-ring (bicyclic) bond motifs is 2. The van der Waals surface area contributed by atoms with Crippen molar-refractivity contribution in [2.75, 3.05) is 0 Å². The van der Waals surface area contributed by atoms with E-state index in [4.69, 9.17) is 0 Å². The molecule has 1 aliphatic heterocycles. The molecule has 0 fully saturated rings. The Balaban J connectivity index is 1.93. The SMILES string of the molecule is CC1c2ccccc2C(c2cnc3ccccc3c2)N(O)C1(C)C. The van der Waals surface area contributed by atoms with Crippen molar-refractivity contribution in [3.8, 4) is 0 Å². The van der Waals surface area contributed by atoms with Gasteiger partial charge in [-0.3, -0.25) is 4.98 Å². The molecule has 3 aromatic rings. The van der Waals surface area contributed by atoms with Crippen LogP contribution in [-0.2, 0) is 0 Å². The molecule has 0 saturated carbocycles. The summed E-state index contributed by atoms with van der Waals surface area (Å²) in [4.78, 5) is 4.59. The Labute approximate surface area is 142 Å². The molecule has 0 radical (unpaired) electrons. The average Bonchev–Trinajstić information content (AvgIpc) is 2.60. The number of pyridine rings is 1. The number of hydroxylamine groups is 2. The summed E-state index contributed by atoms with van der Waals surface area (Å²) in [5, 5.41) is 13.6. The third-order valence-corrected chi connectivity index (χ3v) is 5.58. The Kier molecular flexibility index (Phi) is 3.44. The lowest BCUT2D eigenvalue weighted by Crippen LogP contribution is -2.51. The molecule has 2 unspecified atom stereocenters. The summed E-state index contributed by atoms with van der Waals surface area (Å²) in [6, 6.07) is 18.4. The van der Waals surface area contributed by atoms with Crippen molar-refractivity contribution in [1.82, 2.24) is 10.0 Å². The van der Waals surface area contributed by atoms with Gasteiger partial charge in [-0.05, 0) is 42.7 Å². The van der Waals surface area contributed by atoms with E-state index in [2.05, 4.69) is 56.1 Å². The first-order chi connectivity index (χ1) is 11.5. The predicted molar refractivity (Wildman–Crippen MR) is 96.1 cm³/mol. The lowest BCUT2D eigenvalue weighted by molar-refractivity contribution is -0.198. The Bertz CT molecular complexity index is 903. The molecule has 24 heavy (non-hydrogen) atoms. The van der Waals surface area contributed by atoms with E-state index in [0.29, 0.717) is 0 Å². The standard InChI is InChI=1S/C21H22N2O/c1-14-17-9-5-6-10-18(17)20(23(24)21(14,2)3)16-12-15-8-4-7-11-19(15)22-13-16/h4-14,20,24H,1-3H3. The maximum absolute atomic E-state index is 11.0. The molecule has 4 rings (SSSR count). The summed E-state index contributed by atoms with van der Waals surface area (Å²) in [6.07, 6.45) is 1.89. The van der Waals surface area contributed by atoms with Crippen LogP contribution in [0.5, 0.6) is 0 Å². The van der Waals surface area contributed by atoms with Crippen molar-refractivity contribution in [2.24, 2.45) is 0 Å². The van der Waals surface area contributed by atoms with Gasteiger partial charge in [-0.25, -0.2) is 0 Å². The van der Waals surface area contributed by atoms with E-state index in [1.807, 2.05) is 30.5 Å². The molecule has 1 aromatic heterocycles. The minimum atomic E-state index is -0.356. The average molecular weight is 318 g/mol. The van der Waals surface area contributed by atoms with Crippen LogP contribution in [0.15, 0.2) is 60.8 Å².